The highest BCUT2D eigenvalue weighted by Gasteiger charge is 2.22. The van der Waals surface area contributed by atoms with Crippen molar-refractivity contribution >= 4 is 17.6 Å². The molecule has 160 valence electrons. The maximum absolute atomic E-state index is 12.6. The quantitative estimate of drug-likeness (QED) is 0.653. The Hall–Kier alpha value is -2.86. The van der Waals surface area contributed by atoms with E-state index in [0.717, 1.165) is 25.9 Å². The van der Waals surface area contributed by atoms with Crippen LogP contribution >= 0.6 is 0 Å². The van der Waals surface area contributed by atoms with Crippen molar-refractivity contribution in [1.29, 1.82) is 0 Å². The molecule has 1 heterocycles. The third-order valence-corrected chi connectivity index (χ3v) is 5.47. The van der Waals surface area contributed by atoms with Crippen LogP contribution in [0.4, 0.5) is 10.5 Å². The third kappa shape index (κ3) is 5.83. The summed E-state index contributed by atoms with van der Waals surface area (Å²) in [5, 5.41) is 8.61. The van der Waals surface area contributed by atoms with Crippen LogP contribution in [0, 0.1) is 0 Å². The summed E-state index contributed by atoms with van der Waals surface area (Å²) in [6, 6.07) is 15.7. The number of carbonyl (C=O) groups is 2. The zero-order valence-corrected chi connectivity index (χ0v) is 18.1. The van der Waals surface area contributed by atoms with E-state index in [9.17, 15) is 9.59 Å². The summed E-state index contributed by atoms with van der Waals surface area (Å²) in [4.78, 5) is 26.8. The summed E-state index contributed by atoms with van der Waals surface area (Å²) in [7, 11) is 0. The molecule has 0 saturated heterocycles. The van der Waals surface area contributed by atoms with E-state index in [-0.39, 0.29) is 18.0 Å². The number of benzene rings is 2. The number of anilines is 1. The van der Waals surface area contributed by atoms with E-state index in [1.807, 2.05) is 13.8 Å². The molecule has 0 aromatic heterocycles. The fourth-order valence-electron chi connectivity index (χ4n) is 3.81. The summed E-state index contributed by atoms with van der Waals surface area (Å²) in [5.74, 6) is -0.0935. The molecular weight excluding hydrogens is 376 g/mol. The second-order valence-electron chi connectivity index (χ2n) is 8.09. The molecular formula is C24H32N4O2. The highest BCUT2D eigenvalue weighted by Crippen LogP contribution is 2.21. The molecule has 3 N–H and O–H groups in total. The van der Waals surface area contributed by atoms with E-state index in [1.54, 1.807) is 24.3 Å². The maximum atomic E-state index is 12.6. The largest absolute Gasteiger partial charge is 0.350 e. The van der Waals surface area contributed by atoms with E-state index in [2.05, 4.69) is 52.0 Å². The first-order valence-corrected chi connectivity index (χ1v) is 10.7. The standard InChI is InChI=1S/C24H32N4O2/c1-4-22(28-14-13-18-7-5-6-8-20(18)16-28)15-25-23(29)19-9-11-21(12-10-19)27-24(30)26-17(2)3/h5-12,17,22H,4,13-16H2,1-3H3,(H,25,29)(H2,26,27,30). The number of amides is 3. The minimum Gasteiger partial charge on any atom is -0.350 e. The van der Waals surface area contributed by atoms with Crippen LogP contribution in [0.1, 0.15) is 48.7 Å². The number of hydrogen-bond acceptors (Lipinski definition) is 3. The fourth-order valence-corrected chi connectivity index (χ4v) is 3.81. The molecule has 3 amide bonds. The summed E-state index contributed by atoms with van der Waals surface area (Å²) >= 11 is 0. The van der Waals surface area contributed by atoms with Gasteiger partial charge in [0.25, 0.3) is 5.91 Å². The van der Waals surface area contributed by atoms with Crippen molar-refractivity contribution < 1.29 is 9.59 Å². The number of nitrogens with one attached hydrogen (secondary N) is 3. The van der Waals surface area contributed by atoms with Gasteiger partial charge in [-0.3, -0.25) is 9.69 Å². The van der Waals surface area contributed by atoms with Crippen molar-refractivity contribution in [2.75, 3.05) is 18.4 Å². The molecule has 30 heavy (non-hydrogen) atoms. The summed E-state index contributed by atoms with van der Waals surface area (Å²) in [6.07, 6.45) is 2.04. The molecule has 1 aliphatic rings. The van der Waals surface area contributed by atoms with Gasteiger partial charge in [0.15, 0.2) is 0 Å². The number of carbonyl (C=O) groups excluding carboxylic acids is 2. The first-order valence-electron chi connectivity index (χ1n) is 10.7. The monoisotopic (exact) mass is 408 g/mol. The van der Waals surface area contributed by atoms with Gasteiger partial charge in [0, 0.05) is 43.0 Å². The Kier molecular flexibility index (Phi) is 7.46. The van der Waals surface area contributed by atoms with Gasteiger partial charge in [-0.2, -0.15) is 0 Å². The predicted molar refractivity (Wildman–Crippen MR) is 121 cm³/mol. The Morgan fingerprint density at radius 1 is 1.03 bits per heavy atom. The average Bonchev–Trinajstić information content (AvgIpc) is 2.74. The zero-order chi connectivity index (χ0) is 21.5. The molecule has 1 unspecified atom stereocenters. The Bertz CT molecular complexity index is 864. The molecule has 0 radical (unpaired) electrons. The van der Waals surface area contributed by atoms with E-state index < -0.39 is 0 Å². The van der Waals surface area contributed by atoms with Crippen molar-refractivity contribution in [3.63, 3.8) is 0 Å². The van der Waals surface area contributed by atoms with Crippen molar-refractivity contribution in [1.82, 2.24) is 15.5 Å². The van der Waals surface area contributed by atoms with Crippen molar-refractivity contribution in [2.24, 2.45) is 0 Å². The molecule has 0 bridgehead atoms. The number of nitrogens with zero attached hydrogens (tertiary/aromatic N) is 1. The SMILES string of the molecule is CCC(CNC(=O)c1ccc(NC(=O)NC(C)C)cc1)N1CCc2ccccc2C1. The van der Waals surface area contributed by atoms with Crippen LogP contribution in [0.3, 0.4) is 0 Å². The zero-order valence-electron chi connectivity index (χ0n) is 18.1. The minimum atomic E-state index is -0.254. The Balaban J connectivity index is 1.52. The van der Waals surface area contributed by atoms with Gasteiger partial charge in [-0.1, -0.05) is 31.2 Å². The molecule has 3 rings (SSSR count). The third-order valence-electron chi connectivity index (χ3n) is 5.47. The van der Waals surface area contributed by atoms with Crippen LogP contribution in [0.5, 0.6) is 0 Å². The van der Waals surface area contributed by atoms with Crippen molar-refractivity contribution in [3.05, 3.63) is 65.2 Å². The van der Waals surface area contributed by atoms with Crippen LogP contribution in [-0.4, -0.2) is 42.0 Å². The summed E-state index contributed by atoms with van der Waals surface area (Å²) in [6.45, 7) is 8.54. The Morgan fingerprint density at radius 3 is 2.40 bits per heavy atom. The number of urea groups is 1. The lowest BCUT2D eigenvalue weighted by Gasteiger charge is -2.35. The summed E-state index contributed by atoms with van der Waals surface area (Å²) in [5.41, 5.74) is 4.06. The molecule has 6 heteroatoms. The van der Waals surface area contributed by atoms with Crippen LogP contribution in [-0.2, 0) is 13.0 Å². The molecule has 2 aromatic carbocycles. The highest BCUT2D eigenvalue weighted by molar-refractivity contribution is 5.95. The molecule has 0 spiro atoms. The molecule has 1 aliphatic heterocycles. The van der Waals surface area contributed by atoms with Crippen LogP contribution in [0.15, 0.2) is 48.5 Å². The van der Waals surface area contributed by atoms with E-state index in [4.69, 9.17) is 0 Å². The molecule has 1 atom stereocenters. The van der Waals surface area contributed by atoms with Crippen molar-refractivity contribution in [2.45, 2.75) is 52.2 Å². The van der Waals surface area contributed by atoms with Gasteiger partial charge in [0.2, 0.25) is 0 Å². The summed E-state index contributed by atoms with van der Waals surface area (Å²) < 4.78 is 0. The van der Waals surface area contributed by atoms with Crippen molar-refractivity contribution in [3.8, 4) is 0 Å². The van der Waals surface area contributed by atoms with Gasteiger partial charge in [0.1, 0.15) is 0 Å². The molecule has 2 aromatic rings. The molecule has 0 aliphatic carbocycles. The second-order valence-corrected chi connectivity index (χ2v) is 8.09. The molecule has 0 saturated carbocycles. The van der Waals surface area contributed by atoms with Gasteiger partial charge in [-0.25, -0.2) is 4.79 Å². The van der Waals surface area contributed by atoms with E-state index in [1.165, 1.54) is 11.1 Å². The first kappa shape index (κ1) is 21.8. The lowest BCUT2D eigenvalue weighted by atomic mass is 9.98. The van der Waals surface area contributed by atoms with Crippen LogP contribution in [0.25, 0.3) is 0 Å². The fraction of sp³-hybridized carbons (Fsp3) is 0.417. The Morgan fingerprint density at radius 2 is 1.73 bits per heavy atom. The predicted octanol–water partition coefficient (Wildman–Crippen LogP) is 3.78. The van der Waals surface area contributed by atoms with Crippen LogP contribution in [0.2, 0.25) is 0 Å². The number of rotatable bonds is 7. The topological polar surface area (TPSA) is 73.5 Å². The van der Waals surface area contributed by atoms with Gasteiger partial charge in [0.05, 0.1) is 0 Å². The van der Waals surface area contributed by atoms with E-state index in [0.29, 0.717) is 23.8 Å². The van der Waals surface area contributed by atoms with Gasteiger partial charge >= 0.3 is 6.03 Å². The second kappa shape index (κ2) is 10.3. The average molecular weight is 409 g/mol. The lowest BCUT2D eigenvalue weighted by Crippen LogP contribution is -2.45. The molecule has 6 nitrogen and oxygen atoms in total. The smallest absolute Gasteiger partial charge is 0.319 e. The first-order chi connectivity index (χ1) is 14.5. The van der Waals surface area contributed by atoms with E-state index >= 15 is 0 Å². The van der Waals surface area contributed by atoms with Gasteiger partial charge in [-0.05, 0) is 62.1 Å². The number of hydrogen-bond donors (Lipinski definition) is 3. The van der Waals surface area contributed by atoms with Crippen LogP contribution < -0.4 is 16.0 Å². The highest BCUT2D eigenvalue weighted by atomic mass is 16.2. The normalized spacial score (nSPS) is 14.7. The maximum Gasteiger partial charge on any atom is 0.319 e. The Labute approximate surface area is 179 Å². The molecule has 0 fully saturated rings. The minimum absolute atomic E-state index is 0.0648. The van der Waals surface area contributed by atoms with Gasteiger partial charge < -0.3 is 16.0 Å². The number of fused-ring (bicyclic) bond motifs is 1. The lowest BCUT2D eigenvalue weighted by molar-refractivity contribution is 0.0926. The van der Waals surface area contributed by atoms with Gasteiger partial charge in [-0.15, -0.1) is 0 Å².